The van der Waals surface area contributed by atoms with Crippen LogP contribution in [0, 0.1) is 30.2 Å². The predicted octanol–water partition coefficient (Wildman–Crippen LogP) is 10.3. The van der Waals surface area contributed by atoms with Crippen molar-refractivity contribution in [2.24, 2.45) is 17.3 Å². The Hall–Kier alpha value is -3.07. The van der Waals surface area contributed by atoms with E-state index < -0.39 is 0 Å². The fraction of sp³-hybridized carbons (Fsp3) is 0.368. The molecule has 3 aromatic carbocycles. The average molecular weight is 739 g/mol. The number of rotatable bonds is 6. The molecule has 5 rings (SSSR count). The fourth-order valence-electron chi connectivity index (χ4n) is 5.59. The Morgan fingerprint density at radius 1 is 0.929 bits per heavy atom. The molecular formula is C38H44IrNO2-. The summed E-state index contributed by atoms with van der Waals surface area (Å²) in [6, 6.07) is 23.5. The number of ketones is 1. The topological polar surface area (TPSA) is 50.2 Å². The molecule has 0 atom stereocenters. The summed E-state index contributed by atoms with van der Waals surface area (Å²) in [5.41, 5.74) is 10.00. The van der Waals surface area contributed by atoms with Crippen molar-refractivity contribution in [2.75, 3.05) is 0 Å². The van der Waals surface area contributed by atoms with Gasteiger partial charge in [0.15, 0.2) is 5.78 Å². The number of nitrogens with zero attached hydrogens (tertiary/aromatic N) is 1. The van der Waals surface area contributed by atoms with Crippen LogP contribution in [0.15, 0.2) is 72.6 Å². The molecule has 1 aromatic heterocycles. The molecule has 0 spiro atoms. The summed E-state index contributed by atoms with van der Waals surface area (Å²) in [4.78, 5) is 16.1. The normalized spacial score (nSPS) is 12.2. The van der Waals surface area contributed by atoms with Crippen molar-refractivity contribution in [2.45, 2.75) is 74.7 Å². The number of benzene rings is 3. The van der Waals surface area contributed by atoms with Gasteiger partial charge in [0, 0.05) is 45.2 Å². The van der Waals surface area contributed by atoms with Crippen molar-refractivity contribution in [3.8, 4) is 33.5 Å². The number of fused-ring (bicyclic) bond motifs is 5. The SMILES string of the molecule is CC(C)CC(=O)/C=C(\O)CC(C)C.Cc1cnc2c3c(cccc13)-c1ccccc1-c1cc(CC(C)(C)C)c[c-]c1-2.[Ir]. The molecule has 0 fully saturated rings. The number of aliphatic hydroxyl groups excluding tert-OH is 1. The molecule has 4 aromatic rings. The Morgan fingerprint density at radius 2 is 1.55 bits per heavy atom. The Bertz CT molecular complexity index is 1590. The maximum atomic E-state index is 11.2. The summed E-state index contributed by atoms with van der Waals surface area (Å²) in [5, 5.41) is 11.9. The molecule has 0 bridgehead atoms. The summed E-state index contributed by atoms with van der Waals surface area (Å²) >= 11 is 0. The van der Waals surface area contributed by atoms with Crippen LogP contribution in [0.25, 0.3) is 44.3 Å². The van der Waals surface area contributed by atoms with Gasteiger partial charge in [0.25, 0.3) is 0 Å². The second-order valence-electron chi connectivity index (χ2n) is 13.4. The monoisotopic (exact) mass is 739 g/mol. The van der Waals surface area contributed by atoms with Crippen LogP contribution in [0.2, 0.25) is 0 Å². The van der Waals surface area contributed by atoms with Crippen molar-refractivity contribution < 1.29 is 30.0 Å². The molecule has 0 amide bonds. The number of aromatic nitrogens is 1. The van der Waals surface area contributed by atoms with Crippen LogP contribution in [0.4, 0.5) is 0 Å². The van der Waals surface area contributed by atoms with Crippen molar-refractivity contribution in [3.05, 3.63) is 89.8 Å². The maximum Gasteiger partial charge on any atom is 0.159 e. The van der Waals surface area contributed by atoms with E-state index in [0.717, 1.165) is 17.7 Å². The minimum absolute atomic E-state index is 0. The molecule has 223 valence electrons. The smallest absolute Gasteiger partial charge is 0.159 e. The van der Waals surface area contributed by atoms with E-state index in [1.165, 1.54) is 50.2 Å². The maximum absolute atomic E-state index is 11.2. The van der Waals surface area contributed by atoms with Crippen LogP contribution in [-0.2, 0) is 31.3 Å². The van der Waals surface area contributed by atoms with E-state index in [1.54, 1.807) is 0 Å². The number of aryl methyl sites for hydroxylation is 1. The van der Waals surface area contributed by atoms with Crippen LogP contribution in [0.3, 0.4) is 0 Å². The zero-order chi connectivity index (χ0) is 29.9. The minimum atomic E-state index is 0. The van der Waals surface area contributed by atoms with E-state index in [1.807, 2.05) is 33.9 Å². The molecular weight excluding hydrogens is 695 g/mol. The Balaban J connectivity index is 0.000000297. The third kappa shape index (κ3) is 8.06. The quantitative estimate of drug-likeness (QED) is 0.107. The molecule has 0 aliphatic heterocycles. The number of hydrogen-bond donors (Lipinski definition) is 1. The van der Waals surface area contributed by atoms with E-state index in [0.29, 0.717) is 24.7 Å². The van der Waals surface area contributed by atoms with E-state index in [4.69, 9.17) is 4.98 Å². The summed E-state index contributed by atoms with van der Waals surface area (Å²) in [5.74, 6) is 0.979. The summed E-state index contributed by atoms with van der Waals surface area (Å²) < 4.78 is 0. The first-order chi connectivity index (χ1) is 19.3. The molecule has 1 N–H and O–H groups in total. The van der Waals surface area contributed by atoms with Crippen LogP contribution in [0.5, 0.6) is 0 Å². The standard InChI is InChI=1S/C27H24N.C11H20O2.Ir/c1-17-16-28-26-23-13-12-18(15-27(2,3)4)14-24(23)21-9-6-5-8-20(21)22-11-7-10-19(17)25(22)26;1-8(2)5-10(12)7-11(13)6-9(3)4;/h5-12,14,16H,15H2,1-4H3;7-9,12H,5-6H2,1-4H3;/q-1;;/b;10-7-;. The van der Waals surface area contributed by atoms with Gasteiger partial charge < -0.3 is 10.1 Å². The van der Waals surface area contributed by atoms with Crippen LogP contribution in [0.1, 0.15) is 72.4 Å². The summed E-state index contributed by atoms with van der Waals surface area (Å²) in [6.45, 7) is 17.0. The third-order valence-electron chi connectivity index (χ3n) is 7.15. The number of hydrogen-bond acceptors (Lipinski definition) is 3. The van der Waals surface area contributed by atoms with Crippen molar-refractivity contribution in [1.82, 2.24) is 4.98 Å². The van der Waals surface area contributed by atoms with Gasteiger partial charge in [0.1, 0.15) is 0 Å². The zero-order valence-corrected chi connectivity index (χ0v) is 28.7. The third-order valence-corrected chi connectivity index (χ3v) is 7.15. The summed E-state index contributed by atoms with van der Waals surface area (Å²) in [6.07, 6.45) is 5.49. The van der Waals surface area contributed by atoms with Crippen LogP contribution < -0.4 is 0 Å². The van der Waals surface area contributed by atoms with Gasteiger partial charge in [-0.15, -0.1) is 29.3 Å². The first-order valence-corrected chi connectivity index (χ1v) is 14.8. The molecule has 0 saturated heterocycles. The molecule has 0 saturated carbocycles. The minimum Gasteiger partial charge on any atom is -0.512 e. The van der Waals surface area contributed by atoms with Crippen molar-refractivity contribution in [1.29, 1.82) is 0 Å². The van der Waals surface area contributed by atoms with E-state index >= 15 is 0 Å². The van der Waals surface area contributed by atoms with Gasteiger partial charge in [0.05, 0.1) is 5.76 Å². The van der Waals surface area contributed by atoms with Gasteiger partial charge in [-0.3, -0.25) is 4.79 Å². The second kappa shape index (κ2) is 13.9. The van der Waals surface area contributed by atoms with Crippen molar-refractivity contribution >= 4 is 16.6 Å². The molecule has 4 heteroatoms. The van der Waals surface area contributed by atoms with Gasteiger partial charge in [-0.05, 0) is 57.3 Å². The first kappa shape index (κ1) is 33.4. The van der Waals surface area contributed by atoms with Crippen LogP contribution >= 0.6 is 0 Å². The molecule has 0 unspecified atom stereocenters. The predicted molar refractivity (Wildman–Crippen MR) is 173 cm³/mol. The second-order valence-corrected chi connectivity index (χ2v) is 13.4. The largest absolute Gasteiger partial charge is 0.512 e. The molecule has 1 aliphatic carbocycles. The van der Waals surface area contributed by atoms with Gasteiger partial charge >= 0.3 is 0 Å². The Morgan fingerprint density at radius 3 is 2.17 bits per heavy atom. The van der Waals surface area contributed by atoms with Gasteiger partial charge in [-0.1, -0.05) is 108 Å². The molecule has 1 radical (unpaired) electrons. The zero-order valence-electron chi connectivity index (χ0n) is 26.3. The number of pyridine rings is 1. The van der Waals surface area contributed by atoms with E-state index in [2.05, 4.69) is 88.4 Å². The number of carbonyl (C=O) groups is 1. The van der Waals surface area contributed by atoms with E-state index in [9.17, 15) is 9.90 Å². The van der Waals surface area contributed by atoms with Crippen LogP contribution in [-0.4, -0.2) is 15.9 Å². The van der Waals surface area contributed by atoms with E-state index in [-0.39, 0.29) is 37.1 Å². The molecule has 42 heavy (non-hydrogen) atoms. The summed E-state index contributed by atoms with van der Waals surface area (Å²) in [7, 11) is 0. The number of aliphatic hydroxyl groups is 1. The fourth-order valence-corrected chi connectivity index (χ4v) is 5.59. The Kier molecular flexibility index (Phi) is 11.1. The molecule has 3 nitrogen and oxygen atoms in total. The number of carbonyl (C=O) groups excluding carboxylic acids is 1. The average Bonchev–Trinajstić information content (AvgIpc) is 2.98. The van der Waals surface area contributed by atoms with Gasteiger partial charge in [0.2, 0.25) is 0 Å². The Labute approximate surface area is 265 Å². The van der Waals surface area contributed by atoms with Gasteiger partial charge in [-0.2, -0.15) is 0 Å². The first-order valence-electron chi connectivity index (χ1n) is 14.8. The van der Waals surface area contributed by atoms with Gasteiger partial charge in [-0.25, -0.2) is 0 Å². The van der Waals surface area contributed by atoms with Crippen molar-refractivity contribution in [3.63, 3.8) is 0 Å². The number of allylic oxidation sites excluding steroid dienone is 2. The molecule has 1 heterocycles. The molecule has 1 aliphatic rings.